The normalized spacial score (nSPS) is 24.4. The molecule has 1 aromatic rings. The van der Waals surface area contributed by atoms with Crippen molar-refractivity contribution in [3.63, 3.8) is 0 Å². The number of halogens is 1. The van der Waals surface area contributed by atoms with Gasteiger partial charge in [0, 0.05) is 12.2 Å². The summed E-state index contributed by atoms with van der Waals surface area (Å²) in [5.74, 6) is -0.0738. The van der Waals surface area contributed by atoms with Crippen LogP contribution in [0, 0.1) is 17.7 Å². The Kier molecular flexibility index (Phi) is 3.19. The van der Waals surface area contributed by atoms with E-state index in [2.05, 4.69) is 10.6 Å². The second-order valence-corrected chi connectivity index (χ2v) is 4.24. The molecule has 1 aliphatic rings. The Balaban J connectivity index is 2.02. The molecule has 0 saturated carbocycles. The second kappa shape index (κ2) is 4.61. The van der Waals surface area contributed by atoms with Gasteiger partial charge in [-0.2, -0.15) is 0 Å². The van der Waals surface area contributed by atoms with E-state index >= 15 is 0 Å². The Labute approximate surface area is 94.0 Å². The maximum absolute atomic E-state index is 12.9. The highest BCUT2D eigenvalue weighted by Crippen LogP contribution is 2.18. The van der Waals surface area contributed by atoms with Crippen LogP contribution in [0.5, 0.6) is 0 Å². The lowest BCUT2D eigenvalue weighted by Crippen LogP contribution is -2.27. The molecule has 2 atom stereocenters. The molecule has 2 unspecified atom stereocenters. The van der Waals surface area contributed by atoms with Gasteiger partial charge in [0.05, 0.1) is 5.92 Å². The number of benzene rings is 1. The first kappa shape index (κ1) is 11.1. The Morgan fingerprint density at radius 1 is 1.50 bits per heavy atom. The summed E-state index contributed by atoms with van der Waals surface area (Å²) < 4.78 is 12.9. The van der Waals surface area contributed by atoms with Crippen molar-refractivity contribution in [3.8, 4) is 0 Å². The Morgan fingerprint density at radius 2 is 2.31 bits per heavy atom. The summed E-state index contributed by atoms with van der Waals surface area (Å²) in [4.78, 5) is 11.9. The van der Waals surface area contributed by atoms with Gasteiger partial charge in [0.2, 0.25) is 5.91 Å². The van der Waals surface area contributed by atoms with Gasteiger partial charge >= 0.3 is 0 Å². The Hall–Kier alpha value is -1.42. The smallest absolute Gasteiger partial charge is 0.229 e. The molecule has 2 rings (SSSR count). The minimum Gasteiger partial charge on any atom is -0.326 e. The number of amides is 1. The molecule has 4 heteroatoms. The first-order valence-corrected chi connectivity index (χ1v) is 5.44. The summed E-state index contributed by atoms with van der Waals surface area (Å²) in [6.07, 6.45) is 0. The predicted octanol–water partition coefficient (Wildman–Crippen LogP) is 1.62. The van der Waals surface area contributed by atoms with E-state index in [1.807, 2.05) is 6.92 Å². The summed E-state index contributed by atoms with van der Waals surface area (Å²) in [6.45, 7) is 3.60. The summed E-state index contributed by atoms with van der Waals surface area (Å²) in [6, 6.07) is 5.95. The SMILES string of the molecule is CC1CNCC1C(=O)Nc1cccc(F)c1. The molecule has 1 heterocycles. The van der Waals surface area contributed by atoms with Crippen molar-refractivity contribution in [2.45, 2.75) is 6.92 Å². The zero-order valence-corrected chi connectivity index (χ0v) is 9.16. The lowest BCUT2D eigenvalue weighted by molar-refractivity contribution is -0.120. The third-order valence-corrected chi connectivity index (χ3v) is 2.95. The second-order valence-electron chi connectivity index (χ2n) is 4.24. The highest BCUT2D eigenvalue weighted by atomic mass is 19.1. The largest absolute Gasteiger partial charge is 0.326 e. The van der Waals surface area contributed by atoms with E-state index < -0.39 is 0 Å². The third kappa shape index (κ3) is 2.39. The average Bonchev–Trinajstić information content (AvgIpc) is 2.64. The lowest BCUT2D eigenvalue weighted by atomic mass is 9.97. The molecule has 0 spiro atoms. The standard InChI is InChI=1S/C12H15FN2O/c1-8-6-14-7-11(8)12(16)15-10-4-2-3-9(13)5-10/h2-5,8,11,14H,6-7H2,1H3,(H,15,16). The van der Waals surface area contributed by atoms with Crippen LogP contribution in [0.2, 0.25) is 0 Å². The molecule has 0 radical (unpaired) electrons. The van der Waals surface area contributed by atoms with Gasteiger partial charge in [-0.1, -0.05) is 13.0 Å². The molecule has 1 aliphatic heterocycles. The summed E-state index contributed by atoms with van der Waals surface area (Å²) >= 11 is 0. The summed E-state index contributed by atoms with van der Waals surface area (Å²) in [5.41, 5.74) is 0.518. The molecular formula is C12H15FN2O. The van der Waals surface area contributed by atoms with E-state index in [0.717, 1.165) is 6.54 Å². The average molecular weight is 222 g/mol. The third-order valence-electron chi connectivity index (χ3n) is 2.95. The quantitative estimate of drug-likeness (QED) is 0.798. The van der Waals surface area contributed by atoms with Crippen LogP contribution >= 0.6 is 0 Å². The molecule has 1 amide bonds. The van der Waals surface area contributed by atoms with E-state index in [4.69, 9.17) is 0 Å². The monoisotopic (exact) mass is 222 g/mol. The van der Waals surface area contributed by atoms with Gasteiger partial charge < -0.3 is 10.6 Å². The lowest BCUT2D eigenvalue weighted by Gasteiger charge is -2.14. The summed E-state index contributed by atoms with van der Waals surface area (Å²) in [7, 11) is 0. The number of nitrogens with one attached hydrogen (secondary N) is 2. The van der Waals surface area contributed by atoms with Crippen LogP contribution < -0.4 is 10.6 Å². The van der Waals surface area contributed by atoms with Crippen molar-refractivity contribution in [1.29, 1.82) is 0 Å². The van der Waals surface area contributed by atoms with Gasteiger partial charge in [0.25, 0.3) is 0 Å². The first-order chi connectivity index (χ1) is 7.66. The predicted molar refractivity (Wildman–Crippen MR) is 60.6 cm³/mol. The molecular weight excluding hydrogens is 207 g/mol. The Morgan fingerprint density at radius 3 is 2.94 bits per heavy atom. The van der Waals surface area contributed by atoms with Gasteiger partial charge in [-0.15, -0.1) is 0 Å². The summed E-state index contributed by atoms with van der Waals surface area (Å²) in [5, 5.41) is 5.90. The molecule has 0 aromatic heterocycles. The number of carbonyl (C=O) groups is 1. The molecule has 1 fully saturated rings. The minimum absolute atomic E-state index is 0.0248. The topological polar surface area (TPSA) is 41.1 Å². The van der Waals surface area contributed by atoms with Crippen molar-refractivity contribution in [2.75, 3.05) is 18.4 Å². The van der Waals surface area contributed by atoms with Gasteiger partial charge in [0.15, 0.2) is 0 Å². The van der Waals surface area contributed by atoms with Crippen LogP contribution in [0.1, 0.15) is 6.92 Å². The van der Waals surface area contributed by atoms with Crippen LogP contribution in [0.4, 0.5) is 10.1 Å². The van der Waals surface area contributed by atoms with Crippen molar-refractivity contribution in [2.24, 2.45) is 11.8 Å². The maximum Gasteiger partial charge on any atom is 0.229 e. The van der Waals surface area contributed by atoms with Crippen molar-refractivity contribution in [3.05, 3.63) is 30.1 Å². The van der Waals surface area contributed by atoms with Gasteiger partial charge in [-0.25, -0.2) is 4.39 Å². The number of carbonyl (C=O) groups excluding carboxylic acids is 1. The fourth-order valence-electron chi connectivity index (χ4n) is 1.96. The fourth-order valence-corrected chi connectivity index (χ4v) is 1.96. The van der Waals surface area contributed by atoms with E-state index in [-0.39, 0.29) is 17.6 Å². The molecule has 0 aliphatic carbocycles. The molecule has 0 bridgehead atoms. The fraction of sp³-hybridized carbons (Fsp3) is 0.417. The Bertz CT molecular complexity index is 394. The van der Waals surface area contributed by atoms with E-state index in [1.54, 1.807) is 12.1 Å². The van der Waals surface area contributed by atoms with Crippen LogP contribution in [0.15, 0.2) is 24.3 Å². The molecule has 2 N–H and O–H groups in total. The van der Waals surface area contributed by atoms with Crippen molar-refractivity contribution < 1.29 is 9.18 Å². The van der Waals surface area contributed by atoms with E-state index in [0.29, 0.717) is 18.2 Å². The van der Waals surface area contributed by atoms with Crippen LogP contribution in [-0.2, 0) is 4.79 Å². The zero-order chi connectivity index (χ0) is 11.5. The number of rotatable bonds is 2. The van der Waals surface area contributed by atoms with E-state index in [1.165, 1.54) is 12.1 Å². The highest BCUT2D eigenvalue weighted by molar-refractivity contribution is 5.93. The number of hydrogen-bond donors (Lipinski definition) is 2. The molecule has 16 heavy (non-hydrogen) atoms. The minimum atomic E-state index is -0.338. The highest BCUT2D eigenvalue weighted by Gasteiger charge is 2.29. The zero-order valence-electron chi connectivity index (χ0n) is 9.16. The first-order valence-electron chi connectivity index (χ1n) is 5.44. The molecule has 1 aromatic carbocycles. The van der Waals surface area contributed by atoms with Crippen LogP contribution in [0.3, 0.4) is 0 Å². The van der Waals surface area contributed by atoms with Crippen LogP contribution in [0.25, 0.3) is 0 Å². The molecule has 1 saturated heterocycles. The number of anilines is 1. The molecule has 3 nitrogen and oxygen atoms in total. The van der Waals surface area contributed by atoms with Crippen molar-refractivity contribution >= 4 is 11.6 Å². The van der Waals surface area contributed by atoms with Crippen molar-refractivity contribution in [1.82, 2.24) is 5.32 Å². The molecule has 86 valence electrons. The van der Waals surface area contributed by atoms with E-state index in [9.17, 15) is 9.18 Å². The number of hydrogen-bond acceptors (Lipinski definition) is 2. The maximum atomic E-state index is 12.9. The van der Waals surface area contributed by atoms with Gasteiger partial charge in [0.1, 0.15) is 5.82 Å². The van der Waals surface area contributed by atoms with Gasteiger partial charge in [-0.3, -0.25) is 4.79 Å². The van der Waals surface area contributed by atoms with Gasteiger partial charge in [-0.05, 0) is 30.7 Å². The van der Waals surface area contributed by atoms with Crippen LogP contribution in [-0.4, -0.2) is 19.0 Å².